The minimum Gasteiger partial charge on any atom is -0.444 e. The van der Waals surface area contributed by atoms with Crippen molar-refractivity contribution < 1.29 is 9.53 Å². The second kappa shape index (κ2) is 4.46. The number of rotatable bonds is 3. The number of hydrogen-bond donors (Lipinski definition) is 2. The molecule has 1 heterocycles. The van der Waals surface area contributed by atoms with Crippen molar-refractivity contribution in [3.8, 4) is 0 Å². The van der Waals surface area contributed by atoms with Crippen LogP contribution in [0.4, 0.5) is 4.79 Å². The number of ether oxygens (including phenoxy) is 1. The SMILES string of the molecule is CC(C)(C)OC(=O)NCCN1CC2C(N)C2C1. The number of piperidine rings is 1. The molecule has 1 aliphatic heterocycles. The average molecular weight is 241 g/mol. The van der Waals surface area contributed by atoms with Crippen molar-refractivity contribution in [1.29, 1.82) is 0 Å². The number of nitrogens with two attached hydrogens (primary N) is 1. The summed E-state index contributed by atoms with van der Waals surface area (Å²) in [4.78, 5) is 13.7. The molecule has 5 nitrogen and oxygen atoms in total. The van der Waals surface area contributed by atoms with Crippen LogP contribution in [-0.4, -0.2) is 48.8 Å². The minimum atomic E-state index is -0.424. The molecular weight excluding hydrogens is 218 g/mol. The third-order valence-electron chi connectivity index (χ3n) is 3.43. The van der Waals surface area contributed by atoms with Crippen molar-refractivity contribution in [3.05, 3.63) is 0 Å². The normalized spacial score (nSPS) is 32.1. The fourth-order valence-corrected chi connectivity index (χ4v) is 2.47. The number of carbonyl (C=O) groups is 1. The molecule has 2 fully saturated rings. The molecule has 3 N–H and O–H groups in total. The van der Waals surface area contributed by atoms with Gasteiger partial charge in [0, 0.05) is 32.2 Å². The van der Waals surface area contributed by atoms with Gasteiger partial charge in [-0.1, -0.05) is 0 Å². The molecule has 0 radical (unpaired) electrons. The van der Waals surface area contributed by atoms with Crippen molar-refractivity contribution in [1.82, 2.24) is 10.2 Å². The van der Waals surface area contributed by atoms with E-state index in [1.165, 1.54) is 0 Å². The first-order chi connectivity index (χ1) is 7.87. The van der Waals surface area contributed by atoms with Crippen molar-refractivity contribution in [2.24, 2.45) is 17.6 Å². The summed E-state index contributed by atoms with van der Waals surface area (Å²) in [5.41, 5.74) is 5.44. The first-order valence-corrected chi connectivity index (χ1v) is 6.31. The van der Waals surface area contributed by atoms with Gasteiger partial charge in [-0.05, 0) is 32.6 Å². The molecule has 2 atom stereocenters. The van der Waals surface area contributed by atoms with Gasteiger partial charge < -0.3 is 20.7 Å². The van der Waals surface area contributed by atoms with E-state index in [9.17, 15) is 4.79 Å². The van der Waals surface area contributed by atoms with Gasteiger partial charge in [-0.25, -0.2) is 4.79 Å². The maximum absolute atomic E-state index is 11.4. The Bertz CT molecular complexity index is 289. The maximum Gasteiger partial charge on any atom is 0.407 e. The van der Waals surface area contributed by atoms with Crippen LogP contribution < -0.4 is 11.1 Å². The van der Waals surface area contributed by atoms with E-state index in [1.807, 2.05) is 20.8 Å². The molecule has 1 saturated heterocycles. The van der Waals surface area contributed by atoms with Gasteiger partial charge in [0.25, 0.3) is 0 Å². The van der Waals surface area contributed by atoms with Crippen LogP contribution in [-0.2, 0) is 4.74 Å². The highest BCUT2D eigenvalue weighted by Crippen LogP contribution is 2.43. The molecule has 0 aromatic heterocycles. The Balaban J connectivity index is 1.56. The molecular formula is C12H23N3O2. The number of alkyl carbamates (subject to hydrolysis) is 1. The van der Waals surface area contributed by atoms with Crippen molar-refractivity contribution >= 4 is 6.09 Å². The average Bonchev–Trinajstić information content (AvgIpc) is 2.60. The predicted octanol–water partition coefficient (Wildman–Crippen LogP) is 0.400. The van der Waals surface area contributed by atoms with Gasteiger partial charge in [-0.3, -0.25) is 0 Å². The lowest BCUT2D eigenvalue weighted by atomic mass is 10.2. The van der Waals surface area contributed by atoms with Crippen LogP contribution in [0.2, 0.25) is 0 Å². The van der Waals surface area contributed by atoms with Crippen LogP contribution in [0, 0.1) is 11.8 Å². The van der Waals surface area contributed by atoms with Gasteiger partial charge in [0.15, 0.2) is 0 Å². The van der Waals surface area contributed by atoms with Crippen LogP contribution in [0.5, 0.6) is 0 Å². The van der Waals surface area contributed by atoms with E-state index < -0.39 is 5.60 Å². The van der Waals surface area contributed by atoms with E-state index in [2.05, 4.69) is 10.2 Å². The van der Waals surface area contributed by atoms with Gasteiger partial charge in [0.05, 0.1) is 0 Å². The van der Waals surface area contributed by atoms with Crippen molar-refractivity contribution in [3.63, 3.8) is 0 Å². The Kier molecular flexibility index (Phi) is 3.32. The highest BCUT2D eigenvalue weighted by molar-refractivity contribution is 5.67. The number of fused-ring (bicyclic) bond motifs is 1. The molecule has 2 rings (SSSR count). The molecule has 2 aliphatic rings. The lowest BCUT2D eigenvalue weighted by molar-refractivity contribution is 0.0523. The van der Waals surface area contributed by atoms with Crippen molar-refractivity contribution in [2.75, 3.05) is 26.2 Å². The van der Waals surface area contributed by atoms with E-state index in [0.717, 1.165) is 19.6 Å². The lowest BCUT2D eigenvalue weighted by Crippen LogP contribution is -2.38. The van der Waals surface area contributed by atoms with Gasteiger partial charge in [0.1, 0.15) is 5.60 Å². The topological polar surface area (TPSA) is 67.6 Å². The van der Waals surface area contributed by atoms with Gasteiger partial charge in [-0.2, -0.15) is 0 Å². The summed E-state index contributed by atoms with van der Waals surface area (Å²) in [5, 5.41) is 2.77. The third kappa shape index (κ3) is 3.33. The predicted molar refractivity (Wildman–Crippen MR) is 65.6 cm³/mol. The number of nitrogens with zero attached hydrogens (tertiary/aromatic N) is 1. The Morgan fingerprint density at radius 2 is 2.00 bits per heavy atom. The van der Waals surface area contributed by atoms with Crippen LogP contribution in [0.3, 0.4) is 0 Å². The molecule has 2 unspecified atom stereocenters. The number of hydrogen-bond acceptors (Lipinski definition) is 4. The van der Waals surface area contributed by atoms with E-state index >= 15 is 0 Å². The molecule has 98 valence electrons. The molecule has 0 bridgehead atoms. The van der Waals surface area contributed by atoms with E-state index in [-0.39, 0.29) is 6.09 Å². The highest BCUT2D eigenvalue weighted by atomic mass is 16.6. The van der Waals surface area contributed by atoms with Gasteiger partial charge in [-0.15, -0.1) is 0 Å². The number of amides is 1. The lowest BCUT2D eigenvalue weighted by Gasteiger charge is -2.21. The quantitative estimate of drug-likeness (QED) is 0.750. The van der Waals surface area contributed by atoms with Crippen LogP contribution in [0.15, 0.2) is 0 Å². The fourth-order valence-electron chi connectivity index (χ4n) is 2.47. The van der Waals surface area contributed by atoms with Crippen LogP contribution in [0.25, 0.3) is 0 Å². The van der Waals surface area contributed by atoms with Crippen LogP contribution >= 0.6 is 0 Å². The zero-order valence-electron chi connectivity index (χ0n) is 10.9. The first-order valence-electron chi connectivity index (χ1n) is 6.31. The molecule has 1 amide bonds. The van der Waals surface area contributed by atoms with E-state index in [1.54, 1.807) is 0 Å². The standard InChI is InChI=1S/C12H23N3O2/c1-12(2,3)17-11(16)14-4-5-15-6-8-9(7-15)10(8)13/h8-10H,4-7,13H2,1-3H3,(H,14,16). The Morgan fingerprint density at radius 1 is 1.41 bits per heavy atom. The third-order valence-corrected chi connectivity index (χ3v) is 3.43. The zero-order valence-corrected chi connectivity index (χ0v) is 10.9. The first kappa shape index (κ1) is 12.6. The molecule has 5 heteroatoms. The maximum atomic E-state index is 11.4. The number of likely N-dealkylation sites (tertiary alicyclic amines) is 1. The molecule has 1 saturated carbocycles. The smallest absolute Gasteiger partial charge is 0.407 e. The second-order valence-electron chi connectivity index (χ2n) is 6.09. The van der Waals surface area contributed by atoms with E-state index in [0.29, 0.717) is 24.4 Å². The summed E-state index contributed by atoms with van der Waals surface area (Å²) in [7, 11) is 0. The second-order valence-corrected chi connectivity index (χ2v) is 6.09. The summed E-state index contributed by atoms with van der Waals surface area (Å²) in [6.45, 7) is 9.29. The summed E-state index contributed by atoms with van der Waals surface area (Å²) in [6, 6.07) is 0.435. The molecule has 0 aromatic carbocycles. The van der Waals surface area contributed by atoms with Gasteiger partial charge >= 0.3 is 6.09 Å². The highest BCUT2D eigenvalue weighted by Gasteiger charge is 2.53. The largest absolute Gasteiger partial charge is 0.444 e. The minimum absolute atomic E-state index is 0.335. The summed E-state index contributed by atoms with van der Waals surface area (Å²) < 4.78 is 5.16. The molecule has 0 spiro atoms. The number of carbonyl (C=O) groups excluding carboxylic acids is 1. The number of nitrogens with one attached hydrogen (secondary N) is 1. The Labute approximate surface area is 103 Å². The van der Waals surface area contributed by atoms with E-state index in [4.69, 9.17) is 10.5 Å². The Morgan fingerprint density at radius 3 is 2.53 bits per heavy atom. The summed E-state index contributed by atoms with van der Waals surface area (Å²) in [5.74, 6) is 1.41. The molecule has 17 heavy (non-hydrogen) atoms. The fraction of sp³-hybridized carbons (Fsp3) is 0.917. The summed E-state index contributed by atoms with van der Waals surface area (Å²) in [6.07, 6.45) is -0.335. The monoisotopic (exact) mass is 241 g/mol. The Hall–Kier alpha value is -0.810. The molecule has 1 aliphatic carbocycles. The zero-order chi connectivity index (χ0) is 12.6. The van der Waals surface area contributed by atoms with Gasteiger partial charge in [0.2, 0.25) is 0 Å². The summed E-state index contributed by atoms with van der Waals surface area (Å²) >= 11 is 0. The van der Waals surface area contributed by atoms with Crippen LogP contribution in [0.1, 0.15) is 20.8 Å². The molecule has 0 aromatic rings. The van der Waals surface area contributed by atoms with Crippen molar-refractivity contribution in [2.45, 2.75) is 32.4 Å².